The van der Waals surface area contributed by atoms with Crippen molar-refractivity contribution in [3.8, 4) is 0 Å². The third kappa shape index (κ3) is 3.44. The van der Waals surface area contributed by atoms with Crippen LogP contribution in [0.5, 0.6) is 0 Å². The van der Waals surface area contributed by atoms with Crippen molar-refractivity contribution in [2.24, 2.45) is 5.92 Å². The van der Waals surface area contributed by atoms with E-state index < -0.39 is 18.0 Å². The molecule has 0 saturated carbocycles. The van der Waals surface area contributed by atoms with E-state index in [9.17, 15) is 9.59 Å². The summed E-state index contributed by atoms with van der Waals surface area (Å²) in [5, 5.41) is 9.12. The number of rotatable bonds is 4. The number of carbonyl (C=O) groups is 2. The van der Waals surface area contributed by atoms with Gasteiger partial charge in [0.2, 0.25) is 11.9 Å². The van der Waals surface area contributed by atoms with Crippen molar-refractivity contribution < 1.29 is 14.3 Å². The van der Waals surface area contributed by atoms with Gasteiger partial charge in [-0.15, -0.1) is 5.10 Å². The first-order valence-corrected chi connectivity index (χ1v) is 6.33. The summed E-state index contributed by atoms with van der Waals surface area (Å²) in [6.07, 6.45) is 4.03. The molecule has 21 heavy (non-hydrogen) atoms. The molecule has 0 aromatic carbocycles. The van der Waals surface area contributed by atoms with Gasteiger partial charge < -0.3 is 10.1 Å². The lowest BCUT2D eigenvalue weighted by Crippen LogP contribution is -2.47. The summed E-state index contributed by atoms with van der Waals surface area (Å²) >= 11 is 0. The molecule has 0 spiro atoms. The number of carbonyl (C=O) groups excluding carboxylic acids is 2. The minimum atomic E-state index is -0.748. The van der Waals surface area contributed by atoms with Crippen LogP contribution in [0.1, 0.15) is 13.8 Å². The van der Waals surface area contributed by atoms with Crippen LogP contribution in [0, 0.1) is 5.92 Å². The first-order valence-electron chi connectivity index (χ1n) is 6.33. The van der Waals surface area contributed by atoms with Gasteiger partial charge in [0.15, 0.2) is 5.65 Å². The molecule has 2 aromatic rings. The molecule has 1 atom stereocenters. The summed E-state index contributed by atoms with van der Waals surface area (Å²) in [6, 6.07) is -0.748. The average molecular weight is 292 g/mol. The molecule has 0 fully saturated rings. The lowest BCUT2D eigenvalue weighted by atomic mass is 10.0. The molecule has 2 heterocycles. The van der Waals surface area contributed by atoms with Gasteiger partial charge in [0, 0.05) is 12.4 Å². The molecule has 0 aliphatic rings. The number of hydrogen-bond donors (Lipinski definition) is 2. The van der Waals surface area contributed by atoms with E-state index >= 15 is 0 Å². The van der Waals surface area contributed by atoms with Gasteiger partial charge in [-0.05, 0) is 5.92 Å². The van der Waals surface area contributed by atoms with Crippen molar-refractivity contribution in [2.45, 2.75) is 19.9 Å². The highest BCUT2D eigenvalue weighted by Crippen LogP contribution is 2.07. The van der Waals surface area contributed by atoms with E-state index in [1.807, 2.05) is 0 Å². The van der Waals surface area contributed by atoms with Crippen LogP contribution in [0.3, 0.4) is 0 Å². The fourth-order valence-electron chi connectivity index (χ4n) is 1.71. The molecule has 0 bridgehead atoms. The van der Waals surface area contributed by atoms with Crippen molar-refractivity contribution in [3.63, 3.8) is 0 Å². The molecular weight excluding hydrogens is 276 g/mol. The standard InChI is InChI=1S/C12H16N6O3/c1-7(2)9(15-12(20)21-3)10(19)16-11-14-8-6-13-4-5-18(8)17-11/h4-7,9H,1-3H3,(H,15,20)(H,16,17,19)/t9-/m0/s1. The normalized spacial score (nSPS) is 12.2. The van der Waals surface area contributed by atoms with E-state index in [1.165, 1.54) is 17.8 Å². The highest BCUT2D eigenvalue weighted by atomic mass is 16.5. The second-order valence-corrected chi connectivity index (χ2v) is 4.66. The number of alkyl carbamates (subject to hydrolysis) is 1. The second-order valence-electron chi connectivity index (χ2n) is 4.66. The smallest absolute Gasteiger partial charge is 0.407 e. The quantitative estimate of drug-likeness (QED) is 0.846. The molecular formula is C12H16N6O3. The van der Waals surface area contributed by atoms with Gasteiger partial charge in [0.05, 0.1) is 13.3 Å². The van der Waals surface area contributed by atoms with Gasteiger partial charge in [-0.2, -0.15) is 4.98 Å². The molecule has 2 N–H and O–H groups in total. The number of fused-ring (bicyclic) bond motifs is 1. The van der Waals surface area contributed by atoms with E-state index in [1.54, 1.807) is 26.2 Å². The Morgan fingerprint density at radius 2 is 2.14 bits per heavy atom. The summed E-state index contributed by atoms with van der Waals surface area (Å²) in [4.78, 5) is 31.5. The molecule has 0 aliphatic heterocycles. The number of anilines is 1. The summed E-state index contributed by atoms with van der Waals surface area (Å²) in [7, 11) is 1.24. The van der Waals surface area contributed by atoms with Crippen LogP contribution >= 0.6 is 0 Å². The zero-order chi connectivity index (χ0) is 15.4. The topological polar surface area (TPSA) is 111 Å². The van der Waals surface area contributed by atoms with E-state index in [0.717, 1.165) is 0 Å². The van der Waals surface area contributed by atoms with Gasteiger partial charge >= 0.3 is 6.09 Å². The highest BCUT2D eigenvalue weighted by Gasteiger charge is 2.25. The number of ether oxygens (including phenoxy) is 1. The van der Waals surface area contributed by atoms with Gasteiger partial charge in [-0.1, -0.05) is 13.8 Å². The second kappa shape index (κ2) is 6.16. The minimum Gasteiger partial charge on any atom is -0.453 e. The Bertz CT molecular complexity index is 620. The van der Waals surface area contributed by atoms with E-state index in [0.29, 0.717) is 5.65 Å². The predicted molar refractivity (Wildman–Crippen MR) is 73.6 cm³/mol. The Morgan fingerprint density at radius 3 is 2.76 bits per heavy atom. The molecule has 2 rings (SSSR count). The molecule has 9 nitrogen and oxygen atoms in total. The molecule has 2 amide bonds. The molecule has 0 aliphatic carbocycles. The molecule has 9 heteroatoms. The first kappa shape index (κ1) is 14.7. The summed E-state index contributed by atoms with van der Waals surface area (Å²) in [5.41, 5.74) is 0.509. The average Bonchev–Trinajstić information content (AvgIpc) is 2.85. The van der Waals surface area contributed by atoms with Crippen LogP contribution in [-0.4, -0.2) is 44.7 Å². The Hall–Kier alpha value is -2.71. The zero-order valence-corrected chi connectivity index (χ0v) is 11.9. The Kier molecular flexibility index (Phi) is 4.31. The number of nitrogens with one attached hydrogen (secondary N) is 2. The molecule has 2 aromatic heterocycles. The van der Waals surface area contributed by atoms with Crippen molar-refractivity contribution in [3.05, 3.63) is 18.6 Å². The van der Waals surface area contributed by atoms with Gasteiger partial charge in [0.1, 0.15) is 6.04 Å². The Labute approximate surface area is 120 Å². The van der Waals surface area contributed by atoms with E-state index in [2.05, 4.69) is 30.4 Å². The number of aromatic nitrogens is 4. The molecule has 0 radical (unpaired) electrons. The molecule has 0 saturated heterocycles. The van der Waals surface area contributed by atoms with Crippen molar-refractivity contribution in [1.29, 1.82) is 0 Å². The summed E-state index contributed by atoms with van der Waals surface area (Å²) < 4.78 is 5.99. The van der Waals surface area contributed by atoms with Crippen LogP contribution < -0.4 is 10.6 Å². The van der Waals surface area contributed by atoms with E-state index in [4.69, 9.17) is 0 Å². The van der Waals surface area contributed by atoms with E-state index in [-0.39, 0.29) is 11.9 Å². The number of hydrogen-bond acceptors (Lipinski definition) is 6. The monoisotopic (exact) mass is 292 g/mol. The van der Waals surface area contributed by atoms with Crippen LogP contribution in [-0.2, 0) is 9.53 Å². The highest BCUT2D eigenvalue weighted by molar-refractivity contribution is 5.95. The third-order valence-corrected chi connectivity index (χ3v) is 2.78. The SMILES string of the molecule is COC(=O)N[C@H](C(=O)Nc1nc2cnccn2n1)C(C)C. The summed E-state index contributed by atoms with van der Waals surface area (Å²) in [6.45, 7) is 3.61. The predicted octanol–water partition coefficient (Wildman–Crippen LogP) is 0.443. The lowest BCUT2D eigenvalue weighted by Gasteiger charge is -2.19. The fraction of sp³-hybridized carbons (Fsp3) is 0.417. The van der Waals surface area contributed by atoms with Crippen molar-refractivity contribution >= 4 is 23.6 Å². The van der Waals surface area contributed by atoms with Gasteiger partial charge in [0.25, 0.3) is 0 Å². The first-order chi connectivity index (χ1) is 10.0. The van der Waals surface area contributed by atoms with Gasteiger partial charge in [-0.25, -0.2) is 9.31 Å². The maximum absolute atomic E-state index is 12.2. The van der Waals surface area contributed by atoms with Crippen LogP contribution in [0.4, 0.5) is 10.7 Å². The van der Waals surface area contributed by atoms with Crippen molar-refractivity contribution in [1.82, 2.24) is 24.9 Å². The summed E-state index contributed by atoms with van der Waals surface area (Å²) in [5.74, 6) is -0.396. The van der Waals surface area contributed by atoms with Crippen molar-refractivity contribution in [2.75, 3.05) is 12.4 Å². The lowest BCUT2D eigenvalue weighted by molar-refractivity contribution is -0.119. The van der Waals surface area contributed by atoms with Gasteiger partial charge in [-0.3, -0.25) is 15.1 Å². The third-order valence-electron chi connectivity index (χ3n) is 2.78. The minimum absolute atomic E-state index is 0.122. The number of amides is 2. The fourth-order valence-corrected chi connectivity index (χ4v) is 1.71. The van der Waals surface area contributed by atoms with Crippen LogP contribution in [0.15, 0.2) is 18.6 Å². The maximum Gasteiger partial charge on any atom is 0.407 e. The van der Waals surface area contributed by atoms with Crippen LogP contribution in [0.25, 0.3) is 5.65 Å². The largest absolute Gasteiger partial charge is 0.453 e. The number of nitrogens with zero attached hydrogens (tertiary/aromatic N) is 4. The molecule has 0 unspecified atom stereocenters. The Morgan fingerprint density at radius 1 is 1.38 bits per heavy atom. The zero-order valence-electron chi connectivity index (χ0n) is 11.9. The Balaban J connectivity index is 2.12. The maximum atomic E-state index is 12.2. The number of methoxy groups -OCH3 is 1. The molecule has 112 valence electrons. The van der Waals surface area contributed by atoms with Crippen LogP contribution in [0.2, 0.25) is 0 Å².